The van der Waals surface area contributed by atoms with Crippen LogP contribution in [0.15, 0.2) is 58.4 Å². The number of hydrogen-bond acceptors (Lipinski definition) is 7. The Labute approximate surface area is 170 Å². The minimum atomic E-state index is -0.910. The summed E-state index contributed by atoms with van der Waals surface area (Å²) < 4.78 is 6.64. The van der Waals surface area contributed by atoms with E-state index in [1.54, 1.807) is 24.4 Å². The summed E-state index contributed by atoms with van der Waals surface area (Å²) in [6, 6.07) is 10.8. The fraction of sp³-hybridized carbons (Fsp3) is 0.238. The van der Waals surface area contributed by atoms with Gasteiger partial charge in [-0.2, -0.15) is 0 Å². The molecule has 4 heterocycles. The van der Waals surface area contributed by atoms with Crippen molar-refractivity contribution in [2.45, 2.75) is 24.9 Å². The van der Waals surface area contributed by atoms with E-state index < -0.39 is 29.7 Å². The molecule has 1 aliphatic heterocycles. The molecule has 3 N–H and O–H groups in total. The van der Waals surface area contributed by atoms with Gasteiger partial charge in [0.05, 0.1) is 24.1 Å². The van der Waals surface area contributed by atoms with Crippen LogP contribution in [0.2, 0.25) is 0 Å². The van der Waals surface area contributed by atoms with Crippen molar-refractivity contribution in [2.24, 2.45) is 0 Å². The number of nitrogens with one attached hydrogen (secondary N) is 1. The Morgan fingerprint density at radius 2 is 2.00 bits per heavy atom. The Kier molecular flexibility index (Phi) is 5.54. The summed E-state index contributed by atoms with van der Waals surface area (Å²) in [5.74, 6) is 5.56. The van der Waals surface area contributed by atoms with Crippen molar-refractivity contribution < 1.29 is 14.9 Å². The van der Waals surface area contributed by atoms with Crippen molar-refractivity contribution in [1.82, 2.24) is 19.5 Å². The normalized spacial score (nSPS) is 20.5. The molecule has 9 heteroatoms. The van der Waals surface area contributed by atoms with Crippen LogP contribution in [-0.2, 0) is 4.74 Å². The van der Waals surface area contributed by atoms with E-state index in [0.717, 1.165) is 4.57 Å². The molecule has 1 saturated heterocycles. The van der Waals surface area contributed by atoms with E-state index >= 15 is 0 Å². The number of aromatic amines is 1. The van der Waals surface area contributed by atoms with Gasteiger partial charge in [0.25, 0.3) is 5.56 Å². The number of hydrogen-bond donors (Lipinski definition) is 3. The third-order valence-corrected chi connectivity index (χ3v) is 4.66. The zero-order chi connectivity index (χ0) is 21.1. The first-order valence-corrected chi connectivity index (χ1v) is 9.25. The second kappa shape index (κ2) is 8.42. The van der Waals surface area contributed by atoms with Gasteiger partial charge in [0.15, 0.2) is 0 Å². The van der Waals surface area contributed by atoms with Crippen LogP contribution in [-0.4, -0.2) is 48.5 Å². The average molecular weight is 406 g/mol. The highest BCUT2D eigenvalue weighted by atomic mass is 16.5. The predicted molar refractivity (Wildman–Crippen MR) is 106 cm³/mol. The minimum absolute atomic E-state index is 0.0465. The van der Waals surface area contributed by atoms with E-state index in [4.69, 9.17) is 4.74 Å². The Morgan fingerprint density at radius 1 is 1.17 bits per heavy atom. The maximum absolute atomic E-state index is 12.2. The van der Waals surface area contributed by atoms with Gasteiger partial charge >= 0.3 is 5.69 Å². The summed E-state index contributed by atoms with van der Waals surface area (Å²) in [5, 5.41) is 19.1. The molecule has 0 amide bonds. The number of rotatable bonds is 3. The molecule has 0 aliphatic carbocycles. The van der Waals surface area contributed by atoms with E-state index in [2.05, 4.69) is 26.8 Å². The number of aliphatic hydroxyl groups is 2. The summed E-state index contributed by atoms with van der Waals surface area (Å²) in [6.07, 6.45) is 0.550. The topological polar surface area (TPSA) is 130 Å². The van der Waals surface area contributed by atoms with Gasteiger partial charge in [-0.05, 0) is 30.2 Å². The van der Waals surface area contributed by atoms with Gasteiger partial charge in [-0.25, -0.2) is 9.78 Å². The molecule has 3 aromatic rings. The Hall–Kier alpha value is -3.58. The highest BCUT2D eigenvalue weighted by Gasteiger charge is 2.35. The molecule has 3 atom stereocenters. The van der Waals surface area contributed by atoms with Crippen LogP contribution in [0.3, 0.4) is 0 Å². The first-order chi connectivity index (χ1) is 14.5. The van der Waals surface area contributed by atoms with Crippen molar-refractivity contribution in [2.75, 3.05) is 6.61 Å². The van der Waals surface area contributed by atoms with Crippen molar-refractivity contribution in [3.63, 3.8) is 0 Å². The van der Waals surface area contributed by atoms with Crippen LogP contribution in [0, 0.1) is 11.8 Å². The minimum Gasteiger partial charge on any atom is -0.394 e. The number of nitrogens with zero attached hydrogens (tertiary/aromatic N) is 3. The van der Waals surface area contributed by atoms with E-state index in [-0.39, 0.29) is 18.6 Å². The third-order valence-electron chi connectivity index (χ3n) is 4.66. The van der Waals surface area contributed by atoms with Gasteiger partial charge in [0.2, 0.25) is 0 Å². The monoisotopic (exact) mass is 406 g/mol. The lowest BCUT2D eigenvalue weighted by Gasteiger charge is -2.14. The van der Waals surface area contributed by atoms with Crippen LogP contribution < -0.4 is 11.2 Å². The number of aromatic nitrogens is 4. The Bertz CT molecular complexity index is 1230. The zero-order valence-electron chi connectivity index (χ0n) is 15.7. The molecule has 0 spiro atoms. The number of ether oxygens (including phenoxy) is 1. The fourth-order valence-electron chi connectivity index (χ4n) is 3.13. The SMILES string of the molecule is O=c1[nH]c(=O)n([C@H]2C[C@H](O)[C@@H](CO)O2)cc1C#Cc1cccc(-c2ccccn2)n1. The molecule has 1 aliphatic rings. The standard InChI is InChI=1S/C21H18N4O5/c26-12-18-17(27)10-19(30-18)25-11-13(20(28)24-21(25)29)7-8-14-4-3-6-16(23-14)15-5-1-2-9-22-15/h1-6,9,11,17-19,26-27H,10,12H2,(H,24,28,29)/t17-,18+,19+/m0/s1. The molecular weight excluding hydrogens is 388 g/mol. The molecule has 152 valence electrons. The second-order valence-electron chi connectivity index (χ2n) is 6.70. The lowest BCUT2D eigenvalue weighted by Crippen LogP contribution is -2.33. The van der Waals surface area contributed by atoms with Gasteiger partial charge < -0.3 is 14.9 Å². The molecule has 0 radical (unpaired) electrons. The highest BCUT2D eigenvalue weighted by Crippen LogP contribution is 2.27. The summed E-state index contributed by atoms with van der Waals surface area (Å²) >= 11 is 0. The summed E-state index contributed by atoms with van der Waals surface area (Å²) in [6.45, 7) is -0.374. The van der Waals surface area contributed by atoms with Gasteiger partial charge in [-0.3, -0.25) is 19.3 Å². The average Bonchev–Trinajstić information content (AvgIpc) is 3.14. The first-order valence-electron chi connectivity index (χ1n) is 9.25. The lowest BCUT2D eigenvalue weighted by atomic mass is 10.2. The van der Waals surface area contributed by atoms with Crippen molar-refractivity contribution in [3.8, 4) is 23.2 Å². The van der Waals surface area contributed by atoms with Gasteiger partial charge in [0, 0.05) is 18.8 Å². The first kappa shape index (κ1) is 19.7. The quantitative estimate of drug-likeness (QED) is 0.523. The fourth-order valence-corrected chi connectivity index (χ4v) is 3.13. The van der Waals surface area contributed by atoms with Crippen molar-refractivity contribution in [1.29, 1.82) is 0 Å². The van der Waals surface area contributed by atoms with Crippen LogP contribution in [0.1, 0.15) is 23.9 Å². The smallest absolute Gasteiger partial charge is 0.330 e. The molecule has 0 saturated carbocycles. The predicted octanol–water partition coefficient (Wildman–Crippen LogP) is 0.0341. The third kappa shape index (κ3) is 4.06. The highest BCUT2D eigenvalue weighted by molar-refractivity contribution is 5.55. The zero-order valence-corrected chi connectivity index (χ0v) is 15.7. The van der Waals surface area contributed by atoms with E-state index in [0.29, 0.717) is 17.1 Å². The van der Waals surface area contributed by atoms with Gasteiger partial charge in [-0.1, -0.05) is 18.1 Å². The van der Waals surface area contributed by atoms with Gasteiger partial charge in [0.1, 0.15) is 23.6 Å². The Balaban J connectivity index is 1.65. The molecule has 0 bridgehead atoms. The van der Waals surface area contributed by atoms with Crippen LogP contribution in [0.25, 0.3) is 11.4 Å². The molecule has 0 unspecified atom stereocenters. The largest absolute Gasteiger partial charge is 0.394 e. The van der Waals surface area contributed by atoms with Crippen LogP contribution in [0.4, 0.5) is 0 Å². The second-order valence-corrected chi connectivity index (χ2v) is 6.70. The lowest BCUT2D eigenvalue weighted by molar-refractivity contribution is -0.0459. The van der Waals surface area contributed by atoms with Crippen LogP contribution >= 0.6 is 0 Å². The number of aliphatic hydroxyl groups excluding tert-OH is 2. The van der Waals surface area contributed by atoms with Crippen molar-refractivity contribution >= 4 is 0 Å². The van der Waals surface area contributed by atoms with Gasteiger partial charge in [-0.15, -0.1) is 0 Å². The molecule has 1 fully saturated rings. The van der Waals surface area contributed by atoms with Crippen molar-refractivity contribution in [3.05, 3.63) is 80.9 Å². The molecular formula is C21H18N4O5. The molecule has 0 aromatic carbocycles. The molecule has 30 heavy (non-hydrogen) atoms. The summed E-state index contributed by atoms with van der Waals surface area (Å²) in [7, 11) is 0. The maximum atomic E-state index is 12.2. The van der Waals surface area contributed by atoms with E-state index in [1.165, 1.54) is 6.20 Å². The number of pyridine rings is 2. The van der Waals surface area contributed by atoms with Crippen LogP contribution in [0.5, 0.6) is 0 Å². The maximum Gasteiger partial charge on any atom is 0.330 e. The Morgan fingerprint density at radius 3 is 2.73 bits per heavy atom. The molecule has 9 nitrogen and oxygen atoms in total. The molecule has 3 aromatic heterocycles. The number of H-pyrrole nitrogens is 1. The summed E-state index contributed by atoms with van der Waals surface area (Å²) in [4.78, 5) is 35.2. The summed E-state index contributed by atoms with van der Waals surface area (Å²) in [5.41, 5.74) is 0.499. The van der Waals surface area contributed by atoms with E-state index in [1.807, 2.05) is 18.2 Å². The van der Waals surface area contributed by atoms with E-state index in [9.17, 15) is 19.8 Å². The molecule has 4 rings (SSSR count).